The molecule has 0 aromatic carbocycles. The van der Waals surface area contributed by atoms with Crippen LogP contribution in [0.15, 0.2) is 0 Å². The summed E-state index contributed by atoms with van der Waals surface area (Å²) < 4.78 is 4.56. The predicted octanol–water partition coefficient (Wildman–Crippen LogP) is -1.62. The number of hydrogen-bond donors (Lipinski definition) is 1. The van der Waals surface area contributed by atoms with Crippen molar-refractivity contribution in [3.05, 3.63) is 0 Å². The summed E-state index contributed by atoms with van der Waals surface area (Å²) >= 11 is 4.17. The summed E-state index contributed by atoms with van der Waals surface area (Å²) in [7, 11) is 1.43. The number of methoxy groups -OCH3 is 1. The first-order valence-electron chi connectivity index (χ1n) is 3.40. The van der Waals surface area contributed by atoms with E-state index in [1.54, 1.807) is 0 Å². The van der Waals surface area contributed by atoms with Gasteiger partial charge in [0, 0.05) is 0 Å². The Balaban J connectivity index is 0. The molecule has 0 radical (unpaired) electrons. The molecular weight excluding hydrogens is 281 g/mol. The quantitative estimate of drug-likeness (QED) is 0.500. The molecule has 1 saturated carbocycles. The monoisotopic (exact) mass is 294 g/mol. The van der Waals surface area contributed by atoms with Crippen molar-refractivity contribution < 1.29 is 79.9 Å². The van der Waals surface area contributed by atoms with Crippen LogP contribution in [0.5, 0.6) is 0 Å². The molecular formula is C7H13CsO2S. The molecule has 0 heterocycles. The van der Waals surface area contributed by atoms with E-state index in [-0.39, 0.29) is 81.7 Å². The molecule has 0 saturated heterocycles. The minimum Gasteiger partial charge on any atom is -1.00 e. The number of hydrogen-bond acceptors (Lipinski definition) is 3. The Hall–Kier alpha value is 1.87. The van der Waals surface area contributed by atoms with Crippen LogP contribution in [-0.2, 0) is 9.53 Å². The van der Waals surface area contributed by atoms with Gasteiger partial charge >= 0.3 is 74.9 Å². The van der Waals surface area contributed by atoms with Gasteiger partial charge in [0.15, 0.2) is 0 Å². The van der Waals surface area contributed by atoms with Gasteiger partial charge in [0.25, 0.3) is 0 Å². The molecule has 0 aromatic rings. The number of carbonyl (C=O) groups is 1. The molecule has 11 heavy (non-hydrogen) atoms. The third-order valence-electron chi connectivity index (χ3n) is 2.04. The molecule has 1 rings (SSSR count). The van der Waals surface area contributed by atoms with Gasteiger partial charge in [-0.15, -0.1) is 0 Å². The molecule has 0 unspecified atom stereocenters. The van der Waals surface area contributed by atoms with Crippen molar-refractivity contribution in [2.45, 2.75) is 19.3 Å². The van der Waals surface area contributed by atoms with Crippen molar-refractivity contribution >= 4 is 18.6 Å². The third kappa shape index (κ3) is 4.06. The van der Waals surface area contributed by atoms with Crippen LogP contribution < -0.4 is 68.9 Å². The minimum absolute atomic E-state index is 0. The van der Waals surface area contributed by atoms with E-state index in [1.807, 2.05) is 0 Å². The normalized spacial score (nSPS) is 18.4. The number of carbonyl (C=O) groups excluding carboxylic acids is 1. The van der Waals surface area contributed by atoms with Crippen LogP contribution in [0, 0.1) is 5.41 Å². The molecule has 0 amide bonds. The first-order valence-corrected chi connectivity index (χ1v) is 4.03. The number of esters is 1. The minimum atomic E-state index is -0.105. The molecule has 0 aliphatic heterocycles. The van der Waals surface area contributed by atoms with Gasteiger partial charge in [0.1, 0.15) is 0 Å². The Morgan fingerprint density at radius 1 is 1.73 bits per heavy atom. The van der Waals surface area contributed by atoms with Gasteiger partial charge in [-0.1, -0.05) is 0 Å². The van der Waals surface area contributed by atoms with Crippen LogP contribution in [0.2, 0.25) is 0 Å². The van der Waals surface area contributed by atoms with E-state index in [0.717, 1.165) is 18.6 Å². The zero-order valence-electron chi connectivity index (χ0n) is 8.09. The summed E-state index contributed by atoms with van der Waals surface area (Å²) in [6, 6.07) is 0. The van der Waals surface area contributed by atoms with E-state index < -0.39 is 0 Å². The average molecular weight is 294 g/mol. The van der Waals surface area contributed by atoms with E-state index in [1.165, 1.54) is 7.11 Å². The first-order chi connectivity index (χ1) is 4.72. The van der Waals surface area contributed by atoms with Gasteiger partial charge in [-0.05, 0) is 24.0 Å². The summed E-state index contributed by atoms with van der Waals surface area (Å²) in [5.41, 5.74) is 0.205. The number of rotatable bonds is 3. The maximum absolute atomic E-state index is 10.8. The molecule has 0 atom stereocenters. The van der Waals surface area contributed by atoms with Crippen LogP contribution in [0.25, 0.3) is 0 Å². The van der Waals surface area contributed by atoms with Crippen molar-refractivity contribution in [2.75, 3.05) is 12.9 Å². The standard InChI is InChI=1S/C7H12O2S.Cs.H/c1-9-6(8)4-7(5-10)2-3-7;;/h10H,2-5H2,1H3;;/q;+1;-1. The molecule has 60 valence electrons. The maximum Gasteiger partial charge on any atom is 1.00 e. The van der Waals surface area contributed by atoms with Gasteiger partial charge in [0.05, 0.1) is 13.5 Å². The van der Waals surface area contributed by atoms with Crippen LogP contribution in [0.3, 0.4) is 0 Å². The fourth-order valence-corrected chi connectivity index (χ4v) is 1.37. The Morgan fingerprint density at radius 3 is 2.55 bits per heavy atom. The van der Waals surface area contributed by atoms with E-state index in [9.17, 15) is 4.79 Å². The van der Waals surface area contributed by atoms with Crippen LogP contribution in [0.4, 0.5) is 0 Å². The van der Waals surface area contributed by atoms with Gasteiger partial charge in [-0.2, -0.15) is 12.6 Å². The molecule has 0 spiro atoms. The van der Waals surface area contributed by atoms with Crippen molar-refractivity contribution in [1.82, 2.24) is 0 Å². The predicted molar refractivity (Wildman–Crippen MR) is 43.3 cm³/mol. The van der Waals surface area contributed by atoms with Gasteiger partial charge < -0.3 is 6.16 Å². The van der Waals surface area contributed by atoms with Gasteiger partial charge in [-0.3, -0.25) is 4.79 Å². The second-order valence-corrected chi connectivity index (χ2v) is 3.23. The summed E-state index contributed by atoms with van der Waals surface area (Å²) in [6.07, 6.45) is 2.81. The third-order valence-corrected chi connectivity index (χ3v) is 2.71. The summed E-state index contributed by atoms with van der Waals surface area (Å²) in [4.78, 5) is 10.8. The topological polar surface area (TPSA) is 26.3 Å². The molecule has 1 aliphatic rings. The molecule has 1 aliphatic carbocycles. The summed E-state index contributed by atoms with van der Waals surface area (Å²) in [6.45, 7) is 0. The fourth-order valence-electron chi connectivity index (χ4n) is 0.946. The van der Waals surface area contributed by atoms with Crippen LogP contribution in [0.1, 0.15) is 20.7 Å². The van der Waals surface area contributed by atoms with E-state index in [0.29, 0.717) is 6.42 Å². The van der Waals surface area contributed by atoms with Crippen molar-refractivity contribution in [1.29, 1.82) is 0 Å². The maximum atomic E-state index is 10.8. The number of thiol groups is 1. The van der Waals surface area contributed by atoms with Crippen LogP contribution >= 0.6 is 12.6 Å². The summed E-state index contributed by atoms with van der Waals surface area (Å²) in [5.74, 6) is 0.703. The fraction of sp³-hybridized carbons (Fsp3) is 0.857. The Morgan fingerprint density at radius 2 is 2.27 bits per heavy atom. The largest absolute Gasteiger partial charge is 1.00 e. The van der Waals surface area contributed by atoms with Gasteiger partial charge in [0.2, 0.25) is 0 Å². The smallest absolute Gasteiger partial charge is 1.00 e. The zero-order chi connectivity index (χ0) is 7.61. The van der Waals surface area contributed by atoms with E-state index in [4.69, 9.17) is 0 Å². The molecule has 0 bridgehead atoms. The second-order valence-electron chi connectivity index (χ2n) is 2.91. The van der Waals surface area contributed by atoms with Gasteiger partial charge in [-0.25, -0.2) is 0 Å². The molecule has 4 heteroatoms. The van der Waals surface area contributed by atoms with Crippen molar-refractivity contribution in [2.24, 2.45) is 5.41 Å². The average Bonchev–Trinajstić information content (AvgIpc) is 2.70. The first kappa shape index (κ1) is 12.9. The van der Waals surface area contributed by atoms with E-state index >= 15 is 0 Å². The number of ether oxygens (including phenoxy) is 1. The molecule has 2 nitrogen and oxygen atoms in total. The Labute approximate surface area is 133 Å². The summed E-state index contributed by atoms with van der Waals surface area (Å²) in [5, 5.41) is 0. The van der Waals surface area contributed by atoms with Crippen LogP contribution in [-0.4, -0.2) is 18.8 Å². The zero-order valence-corrected chi connectivity index (χ0v) is 14.3. The Kier molecular flexibility index (Phi) is 6.52. The van der Waals surface area contributed by atoms with Crippen molar-refractivity contribution in [3.63, 3.8) is 0 Å². The van der Waals surface area contributed by atoms with E-state index in [2.05, 4.69) is 17.4 Å². The molecule has 1 fully saturated rings. The molecule has 0 aromatic heterocycles. The van der Waals surface area contributed by atoms with Crippen molar-refractivity contribution in [3.8, 4) is 0 Å². The second kappa shape index (κ2) is 5.57. The SMILES string of the molecule is COC(=O)CC1(CS)CC1.[Cs+].[H-]. The Bertz CT molecular complexity index is 150. The molecule has 0 N–H and O–H groups in total.